The lowest BCUT2D eigenvalue weighted by Crippen LogP contribution is -2.46. The Bertz CT molecular complexity index is 1220. The van der Waals surface area contributed by atoms with Crippen LogP contribution < -0.4 is 10.2 Å². The topological polar surface area (TPSA) is 68.8 Å². The lowest BCUT2D eigenvalue weighted by Gasteiger charge is -2.35. The molecule has 1 aromatic heterocycles. The van der Waals surface area contributed by atoms with Crippen LogP contribution in [0, 0.1) is 0 Å². The van der Waals surface area contributed by atoms with E-state index in [1.807, 2.05) is 54.6 Å². The number of nitrogens with zero attached hydrogens (tertiary/aromatic N) is 4. The summed E-state index contributed by atoms with van der Waals surface area (Å²) >= 11 is 0. The molecule has 0 bridgehead atoms. The van der Waals surface area contributed by atoms with E-state index in [9.17, 15) is 9.59 Å². The maximum Gasteiger partial charge on any atom is 0.278 e. The summed E-state index contributed by atoms with van der Waals surface area (Å²) in [7, 11) is 0. The fourth-order valence-electron chi connectivity index (χ4n) is 4.60. The number of nitrogens with one attached hydrogen (secondary N) is 1. The first-order valence-electron chi connectivity index (χ1n) is 12.0. The number of piperazine rings is 1. The molecule has 5 rings (SSSR count). The minimum atomic E-state index is -0.328. The van der Waals surface area contributed by atoms with Gasteiger partial charge in [0.05, 0.1) is 12.1 Å². The van der Waals surface area contributed by atoms with Crippen molar-refractivity contribution in [1.82, 2.24) is 14.8 Å². The summed E-state index contributed by atoms with van der Waals surface area (Å²) in [6, 6.07) is 21.1. The maximum atomic E-state index is 13.4. The van der Waals surface area contributed by atoms with Crippen molar-refractivity contribution in [3.05, 3.63) is 95.9 Å². The van der Waals surface area contributed by atoms with E-state index in [0.29, 0.717) is 11.3 Å². The number of carbonyl (C=O) groups excluding carboxylic acids is 2. The highest BCUT2D eigenvalue weighted by molar-refractivity contribution is 6.36. The standard InChI is InChI=1S/C28H29N5O2/c1-2-31-16-18-32(19-17-31)24-10-8-23(9-11-24)30-26-25(22-6-4-3-5-7-22)27(34)33(28(26)35)20-21-12-14-29-15-13-21/h3-15,30H,2,16-20H2,1H3. The molecular weight excluding hydrogens is 438 g/mol. The van der Waals surface area contributed by atoms with E-state index < -0.39 is 0 Å². The quantitative estimate of drug-likeness (QED) is 0.536. The third-order valence-corrected chi connectivity index (χ3v) is 6.64. The predicted octanol–water partition coefficient (Wildman–Crippen LogP) is 3.62. The largest absolute Gasteiger partial charge is 0.369 e. The number of hydrogen-bond donors (Lipinski definition) is 1. The second-order valence-corrected chi connectivity index (χ2v) is 8.76. The van der Waals surface area contributed by atoms with Gasteiger partial charge in [0, 0.05) is 49.9 Å². The first kappa shape index (κ1) is 22.8. The lowest BCUT2D eigenvalue weighted by atomic mass is 10.0. The minimum Gasteiger partial charge on any atom is -0.369 e. The highest BCUT2D eigenvalue weighted by atomic mass is 16.2. The summed E-state index contributed by atoms with van der Waals surface area (Å²) in [6.07, 6.45) is 3.32. The van der Waals surface area contributed by atoms with E-state index in [1.54, 1.807) is 12.4 Å². The van der Waals surface area contributed by atoms with Gasteiger partial charge in [-0.3, -0.25) is 19.5 Å². The molecule has 0 unspecified atom stereocenters. The molecule has 7 heteroatoms. The molecule has 0 atom stereocenters. The highest BCUT2D eigenvalue weighted by Gasteiger charge is 2.39. The molecule has 1 fully saturated rings. The van der Waals surface area contributed by atoms with Gasteiger partial charge in [-0.15, -0.1) is 0 Å². The fourth-order valence-corrected chi connectivity index (χ4v) is 4.60. The summed E-state index contributed by atoms with van der Waals surface area (Å²) in [5.74, 6) is -0.628. The molecule has 1 N–H and O–H groups in total. The van der Waals surface area contributed by atoms with Crippen molar-refractivity contribution in [2.75, 3.05) is 42.9 Å². The Morgan fingerprint density at radius 3 is 2.17 bits per heavy atom. The molecule has 2 amide bonds. The first-order chi connectivity index (χ1) is 17.1. The van der Waals surface area contributed by atoms with Gasteiger partial charge in [-0.25, -0.2) is 0 Å². The van der Waals surface area contributed by atoms with Crippen LogP contribution in [0.1, 0.15) is 18.1 Å². The smallest absolute Gasteiger partial charge is 0.278 e. The van der Waals surface area contributed by atoms with Crippen LogP contribution in [0.2, 0.25) is 0 Å². The molecule has 0 saturated carbocycles. The lowest BCUT2D eigenvalue weighted by molar-refractivity contribution is -0.137. The van der Waals surface area contributed by atoms with Crippen molar-refractivity contribution >= 4 is 28.8 Å². The number of benzene rings is 2. The molecule has 0 aliphatic carbocycles. The average molecular weight is 468 g/mol. The number of aromatic nitrogens is 1. The summed E-state index contributed by atoms with van der Waals surface area (Å²) in [6.45, 7) is 7.61. The van der Waals surface area contributed by atoms with Gasteiger partial charge >= 0.3 is 0 Å². The predicted molar refractivity (Wildman–Crippen MR) is 138 cm³/mol. The normalized spacial score (nSPS) is 16.8. The molecular formula is C28H29N5O2. The van der Waals surface area contributed by atoms with Crippen molar-refractivity contribution in [3.8, 4) is 0 Å². The number of imide groups is 1. The van der Waals surface area contributed by atoms with Gasteiger partial charge < -0.3 is 15.1 Å². The van der Waals surface area contributed by atoms with E-state index in [2.05, 4.69) is 39.2 Å². The van der Waals surface area contributed by atoms with Crippen LogP contribution in [0.3, 0.4) is 0 Å². The van der Waals surface area contributed by atoms with Crippen molar-refractivity contribution < 1.29 is 9.59 Å². The van der Waals surface area contributed by atoms with Gasteiger partial charge in [0.25, 0.3) is 11.8 Å². The van der Waals surface area contributed by atoms with Crippen LogP contribution in [-0.2, 0) is 16.1 Å². The van der Waals surface area contributed by atoms with Crippen molar-refractivity contribution in [1.29, 1.82) is 0 Å². The van der Waals surface area contributed by atoms with Gasteiger partial charge in [-0.2, -0.15) is 0 Å². The van der Waals surface area contributed by atoms with Crippen LogP contribution in [-0.4, -0.2) is 59.3 Å². The number of anilines is 2. The Hall–Kier alpha value is -3.97. The van der Waals surface area contributed by atoms with Crippen LogP contribution in [0.4, 0.5) is 11.4 Å². The van der Waals surface area contributed by atoms with Gasteiger partial charge in [-0.05, 0) is 54.1 Å². The van der Waals surface area contributed by atoms with Gasteiger partial charge in [0.15, 0.2) is 0 Å². The average Bonchev–Trinajstić information content (AvgIpc) is 3.14. The third-order valence-electron chi connectivity index (χ3n) is 6.64. The van der Waals surface area contributed by atoms with Crippen molar-refractivity contribution in [2.24, 2.45) is 0 Å². The van der Waals surface area contributed by atoms with E-state index >= 15 is 0 Å². The molecule has 3 heterocycles. The number of pyridine rings is 1. The molecule has 2 aliphatic heterocycles. The zero-order chi connectivity index (χ0) is 24.2. The Kier molecular flexibility index (Phi) is 6.59. The molecule has 7 nitrogen and oxygen atoms in total. The van der Waals surface area contributed by atoms with Gasteiger partial charge in [0.2, 0.25) is 0 Å². The van der Waals surface area contributed by atoms with Crippen molar-refractivity contribution in [3.63, 3.8) is 0 Å². The fraction of sp³-hybridized carbons (Fsp3) is 0.250. The number of likely N-dealkylation sites (N-methyl/N-ethyl adjacent to an activating group) is 1. The van der Waals surface area contributed by atoms with E-state index in [1.165, 1.54) is 4.90 Å². The summed E-state index contributed by atoms with van der Waals surface area (Å²) in [5.41, 5.74) is 4.20. The number of rotatable bonds is 7. The highest BCUT2D eigenvalue weighted by Crippen LogP contribution is 2.32. The Balaban J connectivity index is 1.39. The zero-order valence-electron chi connectivity index (χ0n) is 19.9. The molecule has 35 heavy (non-hydrogen) atoms. The van der Waals surface area contributed by atoms with Crippen LogP contribution >= 0.6 is 0 Å². The van der Waals surface area contributed by atoms with Crippen LogP contribution in [0.25, 0.3) is 5.57 Å². The summed E-state index contributed by atoms with van der Waals surface area (Å²) in [4.78, 5) is 37.0. The molecule has 0 spiro atoms. The number of hydrogen-bond acceptors (Lipinski definition) is 6. The second-order valence-electron chi connectivity index (χ2n) is 8.76. The molecule has 2 aliphatic rings. The monoisotopic (exact) mass is 467 g/mol. The number of amides is 2. The minimum absolute atomic E-state index is 0.199. The van der Waals surface area contributed by atoms with Gasteiger partial charge in [-0.1, -0.05) is 37.3 Å². The third kappa shape index (κ3) is 4.81. The van der Waals surface area contributed by atoms with E-state index in [-0.39, 0.29) is 18.4 Å². The molecule has 1 saturated heterocycles. The van der Waals surface area contributed by atoms with Crippen LogP contribution in [0.15, 0.2) is 84.8 Å². The maximum absolute atomic E-state index is 13.4. The molecule has 178 valence electrons. The summed E-state index contributed by atoms with van der Waals surface area (Å²) < 4.78 is 0. The van der Waals surface area contributed by atoms with E-state index in [0.717, 1.165) is 55.2 Å². The van der Waals surface area contributed by atoms with E-state index in [4.69, 9.17) is 0 Å². The number of carbonyl (C=O) groups is 2. The molecule has 3 aromatic rings. The Morgan fingerprint density at radius 1 is 0.829 bits per heavy atom. The van der Waals surface area contributed by atoms with Crippen LogP contribution in [0.5, 0.6) is 0 Å². The SMILES string of the molecule is CCN1CCN(c2ccc(NC3=C(c4ccccc4)C(=O)N(Cc4ccncc4)C3=O)cc2)CC1. The molecule has 2 aromatic carbocycles. The second kappa shape index (κ2) is 10.1. The molecule has 0 radical (unpaired) electrons. The Morgan fingerprint density at radius 2 is 1.51 bits per heavy atom. The van der Waals surface area contributed by atoms with Gasteiger partial charge in [0.1, 0.15) is 5.70 Å². The zero-order valence-corrected chi connectivity index (χ0v) is 19.9. The van der Waals surface area contributed by atoms with Crippen molar-refractivity contribution in [2.45, 2.75) is 13.5 Å². The summed E-state index contributed by atoms with van der Waals surface area (Å²) in [5, 5.41) is 3.26. The first-order valence-corrected chi connectivity index (χ1v) is 12.0. The Labute approximate surface area is 205 Å².